The Hall–Kier alpha value is -0.830. The molecule has 0 aromatic heterocycles. The molecule has 84 valence electrons. The number of carbonyl (C=O) groups is 1. The van der Waals surface area contributed by atoms with Gasteiger partial charge >= 0.3 is 0 Å². The molecule has 2 aliphatic rings. The first-order valence-corrected chi connectivity index (χ1v) is 6.00. The molecule has 0 radical (unpaired) electrons. The second kappa shape index (κ2) is 5.31. The fraction of sp³-hybridized carbons (Fsp3) is 0.750. The highest BCUT2D eigenvalue weighted by Gasteiger charge is 2.20. The van der Waals surface area contributed by atoms with Gasteiger partial charge in [0.15, 0.2) is 0 Å². The molecule has 1 fully saturated rings. The van der Waals surface area contributed by atoms with Crippen LogP contribution in [-0.4, -0.2) is 25.5 Å². The van der Waals surface area contributed by atoms with Crippen LogP contribution in [-0.2, 0) is 4.79 Å². The van der Waals surface area contributed by atoms with Crippen LogP contribution in [0.25, 0.3) is 0 Å². The molecule has 2 rings (SSSR count). The van der Waals surface area contributed by atoms with Crippen LogP contribution in [0.5, 0.6) is 0 Å². The van der Waals surface area contributed by atoms with Crippen molar-refractivity contribution in [1.29, 1.82) is 0 Å². The predicted octanol–water partition coefficient (Wildman–Crippen LogP) is 1.21. The van der Waals surface area contributed by atoms with Crippen molar-refractivity contribution < 1.29 is 4.79 Å². The number of rotatable bonds is 4. The summed E-state index contributed by atoms with van der Waals surface area (Å²) < 4.78 is 0. The second-order valence-corrected chi connectivity index (χ2v) is 4.59. The largest absolute Gasteiger partial charge is 0.352 e. The maximum atomic E-state index is 11.5. The summed E-state index contributed by atoms with van der Waals surface area (Å²) in [5.74, 6) is 0.908. The Bertz CT molecular complexity index is 256. The van der Waals surface area contributed by atoms with Crippen LogP contribution < -0.4 is 10.6 Å². The van der Waals surface area contributed by atoms with Gasteiger partial charge in [0.2, 0.25) is 5.91 Å². The summed E-state index contributed by atoms with van der Waals surface area (Å²) in [4.78, 5) is 11.5. The van der Waals surface area contributed by atoms with Gasteiger partial charge in [-0.3, -0.25) is 4.79 Å². The van der Waals surface area contributed by atoms with Gasteiger partial charge in [-0.2, -0.15) is 0 Å². The van der Waals surface area contributed by atoms with Crippen LogP contribution in [0.2, 0.25) is 0 Å². The Morgan fingerprint density at radius 2 is 2.40 bits per heavy atom. The van der Waals surface area contributed by atoms with E-state index >= 15 is 0 Å². The second-order valence-electron chi connectivity index (χ2n) is 4.59. The van der Waals surface area contributed by atoms with E-state index in [0.717, 1.165) is 32.5 Å². The highest BCUT2D eigenvalue weighted by Crippen LogP contribution is 2.29. The van der Waals surface area contributed by atoms with E-state index in [9.17, 15) is 4.79 Å². The number of hydrogen-bond acceptors (Lipinski definition) is 2. The van der Waals surface area contributed by atoms with E-state index in [-0.39, 0.29) is 5.91 Å². The highest BCUT2D eigenvalue weighted by molar-refractivity contribution is 5.76. The molecule has 1 saturated carbocycles. The normalized spacial score (nSPS) is 21.7. The minimum absolute atomic E-state index is 0.235. The molecular formula is C12H20N2O. The lowest BCUT2D eigenvalue weighted by atomic mass is 9.83. The third kappa shape index (κ3) is 3.34. The topological polar surface area (TPSA) is 41.1 Å². The van der Waals surface area contributed by atoms with E-state index in [1.165, 1.54) is 24.8 Å². The summed E-state index contributed by atoms with van der Waals surface area (Å²) in [5.41, 5.74) is 1.37. The zero-order valence-corrected chi connectivity index (χ0v) is 9.22. The molecule has 1 heterocycles. The monoisotopic (exact) mass is 208 g/mol. The molecule has 3 heteroatoms. The number of hydrogen-bond donors (Lipinski definition) is 2. The molecule has 3 nitrogen and oxygen atoms in total. The van der Waals surface area contributed by atoms with Crippen molar-refractivity contribution in [3.8, 4) is 0 Å². The highest BCUT2D eigenvalue weighted by atomic mass is 16.1. The van der Waals surface area contributed by atoms with Gasteiger partial charge in [-0.05, 0) is 31.7 Å². The van der Waals surface area contributed by atoms with Crippen LogP contribution in [0.4, 0.5) is 0 Å². The molecule has 0 aromatic carbocycles. The Labute approximate surface area is 91.3 Å². The van der Waals surface area contributed by atoms with Gasteiger partial charge < -0.3 is 10.6 Å². The smallest absolute Gasteiger partial charge is 0.220 e. The molecular weight excluding hydrogens is 188 g/mol. The maximum Gasteiger partial charge on any atom is 0.220 e. The molecule has 0 bridgehead atoms. The van der Waals surface area contributed by atoms with Crippen LogP contribution in [0.15, 0.2) is 11.6 Å². The Kier molecular flexibility index (Phi) is 3.78. The number of carbonyl (C=O) groups excluding carboxylic acids is 1. The first kappa shape index (κ1) is 10.7. The van der Waals surface area contributed by atoms with Crippen molar-refractivity contribution in [3.05, 3.63) is 11.6 Å². The van der Waals surface area contributed by atoms with Gasteiger partial charge in [-0.25, -0.2) is 0 Å². The van der Waals surface area contributed by atoms with E-state index in [4.69, 9.17) is 0 Å². The first-order chi connectivity index (χ1) is 7.34. The molecule has 15 heavy (non-hydrogen) atoms. The van der Waals surface area contributed by atoms with Crippen molar-refractivity contribution in [3.63, 3.8) is 0 Å². The Morgan fingerprint density at radius 1 is 1.53 bits per heavy atom. The van der Waals surface area contributed by atoms with Crippen molar-refractivity contribution in [1.82, 2.24) is 10.6 Å². The third-order valence-electron chi connectivity index (χ3n) is 3.37. The van der Waals surface area contributed by atoms with Crippen LogP contribution in [0, 0.1) is 5.92 Å². The lowest BCUT2D eigenvalue weighted by Crippen LogP contribution is -2.31. The van der Waals surface area contributed by atoms with Gasteiger partial charge in [0.1, 0.15) is 0 Å². The standard InChI is InChI=1S/C12H20N2O/c15-12(8-10-2-1-3-10)14-9-11-4-6-13-7-5-11/h4,10,13H,1-3,5-9H2,(H,14,15). The average molecular weight is 208 g/mol. The van der Waals surface area contributed by atoms with Crippen molar-refractivity contribution in [2.75, 3.05) is 19.6 Å². The van der Waals surface area contributed by atoms with Crippen LogP contribution >= 0.6 is 0 Å². The van der Waals surface area contributed by atoms with E-state index in [1.807, 2.05) is 0 Å². The number of amides is 1. The number of nitrogens with one attached hydrogen (secondary N) is 2. The summed E-state index contributed by atoms with van der Waals surface area (Å²) in [7, 11) is 0. The summed E-state index contributed by atoms with van der Waals surface area (Å²) in [6, 6.07) is 0. The van der Waals surface area contributed by atoms with E-state index in [0.29, 0.717) is 5.92 Å². The van der Waals surface area contributed by atoms with Gasteiger partial charge in [0.25, 0.3) is 0 Å². The van der Waals surface area contributed by atoms with E-state index in [2.05, 4.69) is 16.7 Å². The van der Waals surface area contributed by atoms with Gasteiger partial charge in [0, 0.05) is 19.5 Å². The predicted molar refractivity (Wildman–Crippen MR) is 60.5 cm³/mol. The minimum Gasteiger partial charge on any atom is -0.352 e. The molecule has 0 atom stereocenters. The molecule has 2 N–H and O–H groups in total. The Morgan fingerprint density at radius 3 is 3.00 bits per heavy atom. The quantitative estimate of drug-likeness (QED) is 0.682. The van der Waals surface area contributed by atoms with E-state index < -0.39 is 0 Å². The van der Waals surface area contributed by atoms with Crippen molar-refractivity contribution in [2.24, 2.45) is 5.92 Å². The lowest BCUT2D eigenvalue weighted by molar-refractivity contribution is -0.122. The van der Waals surface area contributed by atoms with Gasteiger partial charge in [-0.1, -0.05) is 18.1 Å². The summed E-state index contributed by atoms with van der Waals surface area (Å²) in [5, 5.41) is 6.28. The fourth-order valence-corrected chi connectivity index (χ4v) is 2.07. The molecule has 1 amide bonds. The minimum atomic E-state index is 0.235. The van der Waals surface area contributed by atoms with Crippen molar-refractivity contribution >= 4 is 5.91 Å². The molecule has 0 unspecified atom stereocenters. The summed E-state index contributed by atoms with van der Waals surface area (Å²) >= 11 is 0. The zero-order chi connectivity index (χ0) is 10.5. The van der Waals surface area contributed by atoms with E-state index in [1.54, 1.807) is 0 Å². The lowest BCUT2D eigenvalue weighted by Gasteiger charge is -2.24. The van der Waals surface area contributed by atoms with Crippen LogP contribution in [0.3, 0.4) is 0 Å². The molecule has 0 aromatic rings. The van der Waals surface area contributed by atoms with Crippen molar-refractivity contribution in [2.45, 2.75) is 32.1 Å². The Balaban J connectivity index is 1.63. The molecule has 0 spiro atoms. The summed E-state index contributed by atoms with van der Waals surface area (Å²) in [6.45, 7) is 2.76. The van der Waals surface area contributed by atoms with Crippen LogP contribution in [0.1, 0.15) is 32.1 Å². The molecule has 0 saturated heterocycles. The fourth-order valence-electron chi connectivity index (χ4n) is 2.07. The summed E-state index contributed by atoms with van der Waals surface area (Å²) in [6.07, 6.45) is 7.82. The third-order valence-corrected chi connectivity index (χ3v) is 3.37. The first-order valence-electron chi connectivity index (χ1n) is 6.00. The van der Waals surface area contributed by atoms with Gasteiger partial charge in [0.05, 0.1) is 0 Å². The van der Waals surface area contributed by atoms with Gasteiger partial charge in [-0.15, -0.1) is 0 Å². The maximum absolute atomic E-state index is 11.5. The average Bonchev–Trinajstić information content (AvgIpc) is 2.22. The zero-order valence-electron chi connectivity index (χ0n) is 9.22. The molecule has 1 aliphatic carbocycles. The molecule has 1 aliphatic heterocycles. The SMILES string of the molecule is O=C(CC1CCC1)NCC1=CCNCC1.